The normalized spacial score (nSPS) is 17.1. The molecule has 0 N–H and O–H groups in total. The fourth-order valence-electron chi connectivity index (χ4n) is 4.81. The van der Waals surface area contributed by atoms with Crippen LogP contribution < -0.4 is 9.80 Å². The molecule has 7 nitrogen and oxygen atoms in total. The van der Waals surface area contributed by atoms with E-state index in [1.165, 1.54) is 30.2 Å². The predicted molar refractivity (Wildman–Crippen MR) is 122 cm³/mol. The molecule has 0 aliphatic carbocycles. The van der Waals surface area contributed by atoms with Crippen molar-refractivity contribution in [2.45, 2.75) is 32.2 Å². The minimum atomic E-state index is -0.335. The lowest BCUT2D eigenvalue weighted by atomic mass is 9.94. The number of nitro benzene ring substituents is 1. The summed E-state index contributed by atoms with van der Waals surface area (Å²) in [6.07, 6.45) is 3.87. The van der Waals surface area contributed by atoms with E-state index < -0.39 is 0 Å². The Balaban J connectivity index is 1.38. The first-order chi connectivity index (χ1) is 15.0. The number of rotatable bonds is 6. The van der Waals surface area contributed by atoms with E-state index in [0.29, 0.717) is 38.2 Å². The average molecular weight is 423 g/mol. The first-order valence-corrected chi connectivity index (χ1v) is 11.1. The zero-order chi connectivity index (χ0) is 21.8. The smallest absolute Gasteiger partial charge is 0.292 e. The van der Waals surface area contributed by atoms with Crippen molar-refractivity contribution in [3.05, 3.63) is 64.2 Å². The topological polar surface area (TPSA) is 69.9 Å². The zero-order valence-electron chi connectivity index (χ0n) is 18.1. The van der Waals surface area contributed by atoms with Crippen LogP contribution in [-0.2, 0) is 11.3 Å². The Bertz CT molecular complexity index is 934. The molecule has 0 atom stereocenters. The number of hydrogen-bond donors (Lipinski definition) is 0. The molecule has 0 unspecified atom stereocenters. The molecule has 2 fully saturated rings. The third-order valence-corrected chi connectivity index (χ3v) is 6.49. The molecule has 4 rings (SSSR count). The number of piperidine rings is 1. The summed E-state index contributed by atoms with van der Waals surface area (Å²) >= 11 is 0. The SMILES string of the molecule is CN(Cc1ccccc1N1CCCC1)C(=O)C1CCN(c2ccccc2[N+](=O)[O-])CC1. The highest BCUT2D eigenvalue weighted by molar-refractivity contribution is 5.79. The second-order valence-corrected chi connectivity index (χ2v) is 8.52. The van der Waals surface area contributed by atoms with Gasteiger partial charge >= 0.3 is 0 Å². The maximum atomic E-state index is 13.1. The van der Waals surface area contributed by atoms with Crippen LogP contribution >= 0.6 is 0 Å². The Kier molecular flexibility index (Phi) is 6.39. The highest BCUT2D eigenvalue weighted by atomic mass is 16.6. The van der Waals surface area contributed by atoms with Gasteiger partial charge in [0.15, 0.2) is 0 Å². The maximum Gasteiger partial charge on any atom is 0.292 e. The Morgan fingerprint density at radius 3 is 2.23 bits per heavy atom. The molecule has 1 amide bonds. The Hall–Kier alpha value is -3.09. The summed E-state index contributed by atoms with van der Waals surface area (Å²) in [5.41, 5.74) is 3.21. The summed E-state index contributed by atoms with van der Waals surface area (Å²) < 4.78 is 0. The third-order valence-electron chi connectivity index (χ3n) is 6.49. The minimum Gasteiger partial charge on any atom is -0.371 e. The van der Waals surface area contributed by atoms with Crippen molar-refractivity contribution in [1.29, 1.82) is 0 Å². The van der Waals surface area contributed by atoms with Crippen LogP contribution in [0.3, 0.4) is 0 Å². The molecule has 31 heavy (non-hydrogen) atoms. The number of anilines is 2. The van der Waals surface area contributed by atoms with Gasteiger partial charge in [-0.15, -0.1) is 0 Å². The Morgan fingerprint density at radius 2 is 1.55 bits per heavy atom. The molecule has 2 aromatic carbocycles. The molecule has 0 bridgehead atoms. The molecule has 0 spiro atoms. The first kappa shape index (κ1) is 21.2. The van der Waals surface area contributed by atoms with E-state index in [1.807, 2.05) is 29.0 Å². The van der Waals surface area contributed by atoms with Crippen LogP contribution in [0.2, 0.25) is 0 Å². The van der Waals surface area contributed by atoms with Gasteiger partial charge in [-0.2, -0.15) is 0 Å². The number of hydrogen-bond acceptors (Lipinski definition) is 5. The minimum absolute atomic E-state index is 0.0389. The standard InChI is InChI=1S/C24H30N4O3/c1-25(18-20-8-2-3-9-21(20)26-14-6-7-15-26)24(29)19-12-16-27(17-13-19)22-10-4-5-11-23(22)28(30)31/h2-5,8-11,19H,6-7,12-18H2,1H3. The van der Waals surface area contributed by atoms with Crippen LogP contribution in [0.5, 0.6) is 0 Å². The molecule has 0 radical (unpaired) electrons. The average Bonchev–Trinajstić information content (AvgIpc) is 3.34. The van der Waals surface area contributed by atoms with Crippen molar-refractivity contribution in [3.8, 4) is 0 Å². The van der Waals surface area contributed by atoms with Crippen LogP contribution in [0.1, 0.15) is 31.2 Å². The van der Waals surface area contributed by atoms with E-state index in [4.69, 9.17) is 0 Å². The molecule has 0 aromatic heterocycles. The van der Waals surface area contributed by atoms with Gasteiger partial charge in [-0.25, -0.2) is 0 Å². The van der Waals surface area contributed by atoms with E-state index >= 15 is 0 Å². The van der Waals surface area contributed by atoms with Crippen molar-refractivity contribution in [2.75, 3.05) is 43.0 Å². The van der Waals surface area contributed by atoms with Crippen LogP contribution in [0.4, 0.5) is 17.1 Å². The molecule has 7 heteroatoms. The van der Waals surface area contributed by atoms with Gasteiger partial charge in [-0.3, -0.25) is 14.9 Å². The van der Waals surface area contributed by atoms with Crippen molar-refractivity contribution in [2.24, 2.45) is 5.92 Å². The number of benzene rings is 2. The zero-order valence-corrected chi connectivity index (χ0v) is 18.1. The number of nitro groups is 1. The number of para-hydroxylation sites is 3. The number of amides is 1. The van der Waals surface area contributed by atoms with E-state index in [-0.39, 0.29) is 22.4 Å². The summed E-state index contributed by atoms with van der Waals surface area (Å²) in [6, 6.07) is 15.2. The van der Waals surface area contributed by atoms with E-state index in [1.54, 1.807) is 12.1 Å². The molecular formula is C24H30N4O3. The van der Waals surface area contributed by atoms with E-state index in [2.05, 4.69) is 23.1 Å². The second kappa shape index (κ2) is 9.37. The van der Waals surface area contributed by atoms with Gasteiger partial charge < -0.3 is 14.7 Å². The van der Waals surface area contributed by atoms with Gasteiger partial charge in [0.1, 0.15) is 5.69 Å². The van der Waals surface area contributed by atoms with Crippen LogP contribution in [0, 0.1) is 16.0 Å². The Labute approximate surface area is 183 Å². The summed E-state index contributed by atoms with van der Waals surface area (Å²) in [5.74, 6) is 0.126. The summed E-state index contributed by atoms with van der Waals surface area (Å²) in [6.45, 7) is 4.08. The lowest BCUT2D eigenvalue weighted by Gasteiger charge is -2.34. The molecule has 2 aliphatic rings. The van der Waals surface area contributed by atoms with Gasteiger partial charge in [-0.05, 0) is 43.4 Å². The number of carbonyl (C=O) groups excluding carboxylic acids is 1. The fourth-order valence-corrected chi connectivity index (χ4v) is 4.81. The van der Waals surface area contributed by atoms with Crippen molar-refractivity contribution in [1.82, 2.24) is 4.90 Å². The quantitative estimate of drug-likeness (QED) is 0.518. The van der Waals surface area contributed by atoms with Gasteiger partial charge in [-0.1, -0.05) is 30.3 Å². The number of carbonyl (C=O) groups is 1. The predicted octanol–water partition coefficient (Wildman–Crippen LogP) is 4.07. The molecular weight excluding hydrogens is 392 g/mol. The molecule has 2 aliphatic heterocycles. The van der Waals surface area contributed by atoms with Crippen LogP contribution in [-0.4, -0.2) is 49.0 Å². The molecule has 2 heterocycles. The van der Waals surface area contributed by atoms with E-state index in [9.17, 15) is 14.9 Å². The largest absolute Gasteiger partial charge is 0.371 e. The lowest BCUT2D eigenvalue weighted by molar-refractivity contribution is -0.384. The molecule has 164 valence electrons. The van der Waals surface area contributed by atoms with Crippen LogP contribution in [0.15, 0.2) is 48.5 Å². The molecule has 0 saturated carbocycles. The summed E-state index contributed by atoms with van der Waals surface area (Å²) in [5, 5.41) is 11.3. The van der Waals surface area contributed by atoms with Gasteiger partial charge in [0.2, 0.25) is 5.91 Å². The monoisotopic (exact) mass is 422 g/mol. The fraction of sp³-hybridized carbons (Fsp3) is 0.458. The van der Waals surface area contributed by atoms with E-state index in [0.717, 1.165) is 13.1 Å². The summed E-state index contributed by atoms with van der Waals surface area (Å²) in [4.78, 5) is 30.4. The maximum absolute atomic E-state index is 13.1. The second-order valence-electron chi connectivity index (χ2n) is 8.52. The third kappa shape index (κ3) is 4.65. The van der Waals surface area contributed by atoms with Crippen LogP contribution in [0.25, 0.3) is 0 Å². The Morgan fingerprint density at radius 1 is 0.968 bits per heavy atom. The van der Waals surface area contributed by atoms with Gasteiger partial charge in [0, 0.05) is 57.4 Å². The number of nitrogens with zero attached hydrogens (tertiary/aromatic N) is 4. The van der Waals surface area contributed by atoms with Crippen molar-refractivity contribution in [3.63, 3.8) is 0 Å². The highest BCUT2D eigenvalue weighted by Gasteiger charge is 2.30. The van der Waals surface area contributed by atoms with Gasteiger partial charge in [0.25, 0.3) is 5.69 Å². The lowest BCUT2D eigenvalue weighted by Crippen LogP contribution is -2.41. The van der Waals surface area contributed by atoms with Gasteiger partial charge in [0.05, 0.1) is 4.92 Å². The molecule has 2 saturated heterocycles. The first-order valence-electron chi connectivity index (χ1n) is 11.1. The van der Waals surface area contributed by atoms with Crippen molar-refractivity contribution >= 4 is 23.0 Å². The highest BCUT2D eigenvalue weighted by Crippen LogP contribution is 2.32. The molecule has 2 aromatic rings. The summed E-state index contributed by atoms with van der Waals surface area (Å²) in [7, 11) is 1.89. The van der Waals surface area contributed by atoms with Crippen molar-refractivity contribution < 1.29 is 9.72 Å².